The SMILES string of the molecule is O[C@H](CCl)c1ccc(Cl)cc1Br. The molecule has 0 bridgehead atoms. The third-order valence-corrected chi connectivity index (χ3v) is 2.68. The first-order valence-corrected chi connectivity index (χ1v) is 5.04. The predicted molar refractivity (Wildman–Crippen MR) is 54.8 cm³/mol. The highest BCUT2D eigenvalue weighted by molar-refractivity contribution is 9.10. The van der Waals surface area contributed by atoms with Crippen LogP contribution in [-0.4, -0.2) is 11.0 Å². The van der Waals surface area contributed by atoms with E-state index in [9.17, 15) is 5.11 Å². The smallest absolute Gasteiger partial charge is 0.0936 e. The summed E-state index contributed by atoms with van der Waals surface area (Å²) >= 11 is 14.5. The number of aliphatic hydroxyl groups is 1. The fourth-order valence-corrected chi connectivity index (χ4v) is 1.97. The molecule has 0 aliphatic carbocycles. The Morgan fingerprint density at radius 1 is 1.50 bits per heavy atom. The highest BCUT2D eigenvalue weighted by Crippen LogP contribution is 2.27. The normalized spacial score (nSPS) is 13.0. The monoisotopic (exact) mass is 268 g/mol. The van der Waals surface area contributed by atoms with E-state index in [2.05, 4.69) is 15.9 Å². The molecule has 0 fully saturated rings. The zero-order valence-corrected chi connectivity index (χ0v) is 9.20. The highest BCUT2D eigenvalue weighted by Gasteiger charge is 2.09. The van der Waals surface area contributed by atoms with Gasteiger partial charge in [-0.25, -0.2) is 0 Å². The Bertz CT molecular complexity index is 278. The molecule has 1 nitrogen and oxygen atoms in total. The Hall–Kier alpha value is 0.240. The Kier molecular flexibility index (Phi) is 3.84. The summed E-state index contributed by atoms with van der Waals surface area (Å²) in [6, 6.07) is 5.20. The van der Waals surface area contributed by atoms with E-state index >= 15 is 0 Å². The van der Waals surface area contributed by atoms with E-state index in [1.165, 1.54) is 0 Å². The summed E-state index contributed by atoms with van der Waals surface area (Å²) < 4.78 is 0.781. The molecule has 1 atom stereocenters. The summed E-state index contributed by atoms with van der Waals surface area (Å²) in [5, 5.41) is 10.0. The largest absolute Gasteiger partial charge is 0.387 e. The molecule has 0 aromatic heterocycles. The summed E-state index contributed by atoms with van der Waals surface area (Å²) in [5.41, 5.74) is 0.759. The van der Waals surface area contributed by atoms with Gasteiger partial charge in [-0.2, -0.15) is 0 Å². The van der Waals surface area contributed by atoms with E-state index in [1.807, 2.05) is 0 Å². The molecule has 0 amide bonds. The average molecular weight is 270 g/mol. The molecule has 1 aromatic rings. The summed E-state index contributed by atoms with van der Waals surface area (Å²) in [6.45, 7) is 0. The molecule has 0 radical (unpaired) electrons. The molecule has 66 valence electrons. The Balaban J connectivity index is 3.01. The van der Waals surface area contributed by atoms with Gasteiger partial charge in [-0.3, -0.25) is 0 Å². The van der Waals surface area contributed by atoms with Crippen LogP contribution in [0.25, 0.3) is 0 Å². The summed E-state index contributed by atoms with van der Waals surface area (Å²) in [6.07, 6.45) is -0.640. The van der Waals surface area contributed by atoms with Crippen molar-refractivity contribution >= 4 is 39.1 Å². The molecule has 0 spiro atoms. The highest BCUT2D eigenvalue weighted by atomic mass is 79.9. The minimum absolute atomic E-state index is 0.181. The van der Waals surface area contributed by atoms with Gasteiger partial charge in [0.15, 0.2) is 0 Å². The van der Waals surface area contributed by atoms with E-state index in [1.54, 1.807) is 18.2 Å². The number of hydrogen-bond acceptors (Lipinski definition) is 1. The summed E-state index contributed by atoms with van der Waals surface area (Å²) in [5.74, 6) is 0.181. The third-order valence-electron chi connectivity index (χ3n) is 1.47. The van der Waals surface area contributed by atoms with Gasteiger partial charge in [0, 0.05) is 9.50 Å². The van der Waals surface area contributed by atoms with Crippen LogP contribution in [0.15, 0.2) is 22.7 Å². The number of rotatable bonds is 2. The molecule has 1 rings (SSSR count). The van der Waals surface area contributed by atoms with Crippen molar-refractivity contribution in [1.29, 1.82) is 0 Å². The predicted octanol–water partition coefficient (Wildman–Crippen LogP) is 3.37. The average Bonchev–Trinajstić information content (AvgIpc) is 2.03. The minimum atomic E-state index is -0.640. The van der Waals surface area contributed by atoms with E-state index in [4.69, 9.17) is 23.2 Å². The lowest BCUT2D eigenvalue weighted by Gasteiger charge is -2.09. The van der Waals surface area contributed by atoms with E-state index in [0.29, 0.717) is 5.02 Å². The number of benzene rings is 1. The van der Waals surface area contributed by atoms with Gasteiger partial charge in [0.05, 0.1) is 12.0 Å². The zero-order valence-electron chi connectivity index (χ0n) is 6.10. The van der Waals surface area contributed by atoms with Crippen LogP contribution in [0, 0.1) is 0 Å². The van der Waals surface area contributed by atoms with Gasteiger partial charge in [0.1, 0.15) is 0 Å². The Morgan fingerprint density at radius 3 is 2.67 bits per heavy atom. The standard InChI is InChI=1S/C8H7BrCl2O/c9-7-3-5(11)1-2-6(7)8(12)4-10/h1-3,8,12H,4H2/t8-/m1/s1. The van der Waals surface area contributed by atoms with Gasteiger partial charge >= 0.3 is 0 Å². The maximum Gasteiger partial charge on any atom is 0.0936 e. The summed E-state index contributed by atoms with van der Waals surface area (Å²) in [7, 11) is 0. The molecule has 12 heavy (non-hydrogen) atoms. The molecular formula is C8H7BrCl2O. The van der Waals surface area contributed by atoms with Crippen molar-refractivity contribution in [2.75, 3.05) is 5.88 Å². The molecule has 1 N–H and O–H groups in total. The van der Waals surface area contributed by atoms with Gasteiger partial charge in [0.2, 0.25) is 0 Å². The Morgan fingerprint density at radius 2 is 2.17 bits per heavy atom. The van der Waals surface area contributed by atoms with Crippen molar-refractivity contribution < 1.29 is 5.11 Å². The second kappa shape index (κ2) is 4.47. The van der Waals surface area contributed by atoms with Crippen LogP contribution in [0.1, 0.15) is 11.7 Å². The van der Waals surface area contributed by atoms with Gasteiger partial charge in [-0.1, -0.05) is 33.6 Å². The third kappa shape index (κ3) is 2.36. The van der Waals surface area contributed by atoms with Crippen LogP contribution in [-0.2, 0) is 0 Å². The first-order chi connectivity index (χ1) is 5.65. The van der Waals surface area contributed by atoms with Crippen LogP contribution in [0.2, 0.25) is 5.02 Å². The minimum Gasteiger partial charge on any atom is -0.387 e. The number of alkyl halides is 1. The van der Waals surface area contributed by atoms with Crippen LogP contribution >= 0.6 is 39.1 Å². The van der Waals surface area contributed by atoms with Crippen LogP contribution < -0.4 is 0 Å². The first-order valence-electron chi connectivity index (χ1n) is 3.34. The lowest BCUT2D eigenvalue weighted by atomic mass is 10.1. The quantitative estimate of drug-likeness (QED) is 0.817. The van der Waals surface area contributed by atoms with Gasteiger partial charge in [0.25, 0.3) is 0 Å². The maximum absolute atomic E-state index is 9.40. The maximum atomic E-state index is 9.40. The van der Waals surface area contributed by atoms with Crippen molar-refractivity contribution in [3.63, 3.8) is 0 Å². The number of halogens is 3. The molecule has 1 aromatic carbocycles. The number of aliphatic hydroxyl groups excluding tert-OH is 1. The zero-order chi connectivity index (χ0) is 9.14. The van der Waals surface area contributed by atoms with Gasteiger partial charge in [-0.15, -0.1) is 11.6 Å². The molecule has 0 saturated carbocycles. The van der Waals surface area contributed by atoms with Crippen LogP contribution in [0.3, 0.4) is 0 Å². The molecular weight excluding hydrogens is 263 g/mol. The van der Waals surface area contributed by atoms with Crippen molar-refractivity contribution in [3.8, 4) is 0 Å². The van der Waals surface area contributed by atoms with Gasteiger partial charge in [-0.05, 0) is 17.7 Å². The molecule has 4 heteroatoms. The van der Waals surface area contributed by atoms with Crippen molar-refractivity contribution in [2.45, 2.75) is 6.10 Å². The van der Waals surface area contributed by atoms with E-state index in [-0.39, 0.29) is 5.88 Å². The second-order valence-electron chi connectivity index (χ2n) is 2.34. The van der Waals surface area contributed by atoms with Crippen molar-refractivity contribution in [3.05, 3.63) is 33.3 Å². The van der Waals surface area contributed by atoms with Crippen molar-refractivity contribution in [1.82, 2.24) is 0 Å². The molecule has 0 heterocycles. The molecule has 0 unspecified atom stereocenters. The molecule has 0 saturated heterocycles. The van der Waals surface area contributed by atoms with Gasteiger partial charge < -0.3 is 5.11 Å². The van der Waals surface area contributed by atoms with Crippen molar-refractivity contribution in [2.24, 2.45) is 0 Å². The van der Waals surface area contributed by atoms with Crippen LogP contribution in [0.5, 0.6) is 0 Å². The number of hydrogen-bond donors (Lipinski definition) is 1. The molecule has 0 aliphatic rings. The Labute approximate surface area is 89.4 Å². The lowest BCUT2D eigenvalue weighted by Crippen LogP contribution is -1.99. The van der Waals surface area contributed by atoms with Crippen LogP contribution in [0.4, 0.5) is 0 Å². The molecule has 0 aliphatic heterocycles. The topological polar surface area (TPSA) is 20.2 Å². The van der Waals surface area contributed by atoms with E-state index < -0.39 is 6.10 Å². The van der Waals surface area contributed by atoms with E-state index in [0.717, 1.165) is 10.0 Å². The fourth-order valence-electron chi connectivity index (χ4n) is 0.855. The lowest BCUT2D eigenvalue weighted by molar-refractivity contribution is 0.202. The fraction of sp³-hybridized carbons (Fsp3) is 0.250. The summed E-state index contributed by atoms with van der Waals surface area (Å²) in [4.78, 5) is 0. The second-order valence-corrected chi connectivity index (χ2v) is 3.94. The first kappa shape index (κ1) is 10.3.